The molecule has 0 radical (unpaired) electrons. The van der Waals surface area contributed by atoms with Crippen LogP contribution in [0, 0.1) is 5.41 Å². The SMILES string of the molecule is COc1cc(O)c(CC(C)(C)C(=O)O)c(Cl)c1OC. The van der Waals surface area contributed by atoms with Crippen molar-refractivity contribution in [2.24, 2.45) is 5.41 Å². The number of halogens is 1. The van der Waals surface area contributed by atoms with Crippen molar-refractivity contribution in [3.8, 4) is 17.2 Å². The van der Waals surface area contributed by atoms with Gasteiger partial charge in [-0.3, -0.25) is 4.79 Å². The Kier molecular flexibility index (Phi) is 4.52. The van der Waals surface area contributed by atoms with Crippen molar-refractivity contribution in [3.05, 3.63) is 16.7 Å². The third-order valence-corrected chi connectivity index (χ3v) is 3.29. The van der Waals surface area contributed by atoms with Crippen LogP contribution in [0.3, 0.4) is 0 Å². The topological polar surface area (TPSA) is 76.0 Å². The Hall–Kier alpha value is -1.62. The third-order valence-electron chi connectivity index (χ3n) is 2.89. The molecule has 6 heteroatoms. The van der Waals surface area contributed by atoms with Crippen LogP contribution in [0.1, 0.15) is 19.4 Å². The molecule has 1 rings (SSSR count). The summed E-state index contributed by atoms with van der Waals surface area (Å²) >= 11 is 6.15. The van der Waals surface area contributed by atoms with E-state index >= 15 is 0 Å². The molecule has 0 atom stereocenters. The smallest absolute Gasteiger partial charge is 0.309 e. The fraction of sp³-hybridized carbons (Fsp3) is 0.462. The van der Waals surface area contributed by atoms with E-state index in [0.29, 0.717) is 11.3 Å². The number of methoxy groups -OCH3 is 2. The first-order valence-electron chi connectivity index (χ1n) is 5.60. The molecular weight excluding hydrogens is 272 g/mol. The average Bonchev–Trinajstić information content (AvgIpc) is 2.33. The van der Waals surface area contributed by atoms with E-state index in [4.69, 9.17) is 26.2 Å². The van der Waals surface area contributed by atoms with Crippen LogP contribution >= 0.6 is 11.6 Å². The summed E-state index contributed by atoms with van der Waals surface area (Å²) in [5.74, 6) is -0.519. The molecule has 0 spiro atoms. The summed E-state index contributed by atoms with van der Waals surface area (Å²) < 4.78 is 10.2. The molecule has 0 amide bonds. The predicted octanol–water partition coefficient (Wildman–Crippen LogP) is 2.72. The standard InChI is InChI=1S/C13H17ClO5/c1-13(2,12(16)17)6-7-8(15)5-9(18-3)11(19-4)10(7)14/h5,15H,6H2,1-4H3,(H,16,17). The summed E-state index contributed by atoms with van der Waals surface area (Å²) in [6.07, 6.45) is 0.0767. The molecule has 0 aliphatic heterocycles. The summed E-state index contributed by atoms with van der Waals surface area (Å²) in [5, 5.41) is 19.2. The Morgan fingerprint density at radius 3 is 2.37 bits per heavy atom. The van der Waals surface area contributed by atoms with Gasteiger partial charge in [-0.2, -0.15) is 0 Å². The van der Waals surface area contributed by atoms with Gasteiger partial charge in [0.1, 0.15) is 5.75 Å². The lowest BCUT2D eigenvalue weighted by atomic mass is 9.85. The number of hydrogen-bond acceptors (Lipinski definition) is 4. The van der Waals surface area contributed by atoms with Gasteiger partial charge >= 0.3 is 5.97 Å². The van der Waals surface area contributed by atoms with Crippen molar-refractivity contribution >= 4 is 17.6 Å². The number of rotatable bonds is 5. The Labute approximate surface area is 116 Å². The highest BCUT2D eigenvalue weighted by molar-refractivity contribution is 6.33. The molecule has 0 aliphatic rings. The highest BCUT2D eigenvalue weighted by Gasteiger charge is 2.31. The van der Waals surface area contributed by atoms with Gasteiger partial charge in [0.2, 0.25) is 0 Å². The van der Waals surface area contributed by atoms with E-state index in [1.165, 1.54) is 20.3 Å². The molecule has 0 aromatic heterocycles. The maximum Gasteiger partial charge on any atom is 0.309 e. The molecule has 19 heavy (non-hydrogen) atoms. The van der Waals surface area contributed by atoms with E-state index in [2.05, 4.69) is 0 Å². The number of phenols is 1. The zero-order valence-corrected chi connectivity index (χ0v) is 12.0. The minimum Gasteiger partial charge on any atom is -0.507 e. The first-order chi connectivity index (χ1) is 8.74. The molecule has 1 aromatic carbocycles. The van der Waals surface area contributed by atoms with Crippen molar-refractivity contribution in [1.29, 1.82) is 0 Å². The minimum atomic E-state index is -1.05. The van der Waals surface area contributed by atoms with Crippen LogP contribution in [0.15, 0.2) is 6.07 Å². The first kappa shape index (κ1) is 15.4. The van der Waals surface area contributed by atoms with E-state index in [9.17, 15) is 9.90 Å². The van der Waals surface area contributed by atoms with E-state index in [1.807, 2.05) is 0 Å². The Morgan fingerprint density at radius 1 is 1.37 bits per heavy atom. The van der Waals surface area contributed by atoms with Gasteiger partial charge in [-0.1, -0.05) is 11.6 Å². The fourth-order valence-corrected chi connectivity index (χ4v) is 2.00. The van der Waals surface area contributed by atoms with Crippen LogP contribution in [0.5, 0.6) is 17.2 Å². The van der Waals surface area contributed by atoms with Gasteiger partial charge in [-0.25, -0.2) is 0 Å². The maximum atomic E-state index is 11.1. The van der Waals surface area contributed by atoms with E-state index in [1.54, 1.807) is 13.8 Å². The minimum absolute atomic E-state index is 0.0767. The fourth-order valence-electron chi connectivity index (χ4n) is 1.66. The van der Waals surface area contributed by atoms with Crippen molar-refractivity contribution in [2.75, 3.05) is 14.2 Å². The van der Waals surface area contributed by atoms with Gasteiger partial charge in [0, 0.05) is 11.6 Å². The number of aromatic hydroxyl groups is 1. The first-order valence-corrected chi connectivity index (χ1v) is 5.98. The summed E-state index contributed by atoms with van der Waals surface area (Å²) in [4.78, 5) is 11.1. The van der Waals surface area contributed by atoms with Gasteiger partial charge in [-0.05, 0) is 20.3 Å². The maximum absolute atomic E-state index is 11.1. The van der Waals surface area contributed by atoms with E-state index in [0.717, 1.165) is 0 Å². The highest BCUT2D eigenvalue weighted by atomic mass is 35.5. The van der Waals surface area contributed by atoms with Crippen molar-refractivity contribution < 1.29 is 24.5 Å². The van der Waals surface area contributed by atoms with E-state index in [-0.39, 0.29) is 22.9 Å². The second-order valence-corrected chi connectivity index (χ2v) is 5.17. The van der Waals surface area contributed by atoms with Gasteiger partial charge in [0.25, 0.3) is 0 Å². The molecule has 0 aliphatic carbocycles. The lowest BCUT2D eigenvalue weighted by molar-refractivity contribution is -0.146. The van der Waals surface area contributed by atoms with Gasteiger partial charge in [0.15, 0.2) is 11.5 Å². The van der Waals surface area contributed by atoms with Crippen LogP contribution in [0.4, 0.5) is 0 Å². The van der Waals surface area contributed by atoms with Crippen LogP contribution in [0.25, 0.3) is 0 Å². The molecule has 5 nitrogen and oxygen atoms in total. The van der Waals surface area contributed by atoms with Crippen LogP contribution < -0.4 is 9.47 Å². The van der Waals surface area contributed by atoms with Gasteiger partial charge in [-0.15, -0.1) is 0 Å². The second kappa shape index (κ2) is 5.57. The van der Waals surface area contributed by atoms with Crippen molar-refractivity contribution in [3.63, 3.8) is 0 Å². The number of phenolic OH excluding ortho intramolecular Hbond substituents is 1. The summed E-state index contributed by atoms with van der Waals surface area (Å²) in [6, 6.07) is 1.36. The van der Waals surface area contributed by atoms with Crippen molar-refractivity contribution in [1.82, 2.24) is 0 Å². The van der Waals surface area contributed by atoms with Gasteiger partial charge < -0.3 is 19.7 Å². The van der Waals surface area contributed by atoms with Crippen LogP contribution in [-0.4, -0.2) is 30.4 Å². The van der Waals surface area contributed by atoms with Crippen molar-refractivity contribution in [2.45, 2.75) is 20.3 Å². The number of aliphatic carboxylic acids is 1. The summed E-state index contributed by atoms with van der Waals surface area (Å²) in [6.45, 7) is 3.11. The average molecular weight is 289 g/mol. The molecule has 0 saturated heterocycles. The number of benzene rings is 1. The molecule has 0 heterocycles. The zero-order valence-electron chi connectivity index (χ0n) is 11.3. The number of carbonyl (C=O) groups is 1. The summed E-state index contributed by atoms with van der Waals surface area (Å²) in [7, 11) is 2.85. The molecule has 0 bridgehead atoms. The monoisotopic (exact) mass is 288 g/mol. The lowest BCUT2D eigenvalue weighted by Gasteiger charge is -2.22. The molecule has 0 unspecified atom stereocenters. The lowest BCUT2D eigenvalue weighted by Crippen LogP contribution is -2.26. The zero-order chi connectivity index (χ0) is 14.8. The van der Waals surface area contributed by atoms with Crippen LogP contribution in [-0.2, 0) is 11.2 Å². The predicted molar refractivity (Wildman–Crippen MR) is 71.3 cm³/mol. The molecule has 106 valence electrons. The molecular formula is C13H17ClO5. The molecule has 0 fully saturated rings. The number of carboxylic acids is 1. The van der Waals surface area contributed by atoms with Crippen LogP contribution in [0.2, 0.25) is 5.02 Å². The Morgan fingerprint density at radius 2 is 1.95 bits per heavy atom. The second-order valence-electron chi connectivity index (χ2n) is 4.79. The molecule has 1 aromatic rings. The summed E-state index contributed by atoms with van der Waals surface area (Å²) in [5.41, 5.74) is -0.729. The number of hydrogen-bond donors (Lipinski definition) is 2. The number of ether oxygens (including phenoxy) is 2. The Bertz CT molecular complexity index is 496. The quantitative estimate of drug-likeness (QED) is 0.871. The third kappa shape index (κ3) is 3.04. The van der Waals surface area contributed by atoms with E-state index < -0.39 is 11.4 Å². The molecule has 2 N–H and O–H groups in total. The largest absolute Gasteiger partial charge is 0.507 e. The Balaban J connectivity index is 3.33. The number of carboxylic acid groups (broad SMARTS) is 1. The highest BCUT2D eigenvalue weighted by Crippen LogP contribution is 2.44. The van der Waals surface area contributed by atoms with Gasteiger partial charge in [0.05, 0.1) is 24.7 Å². The molecule has 0 saturated carbocycles. The normalized spacial score (nSPS) is 11.2.